The van der Waals surface area contributed by atoms with E-state index in [-0.39, 0.29) is 12.3 Å². The first-order chi connectivity index (χ1) is 10.7. The van der Waals surface area contributed by atoms with Gasteiger partial charge in [-0.1, -0.05) is 23.5 Å². The highest BCUT2D eigenvalue weighted by molar-refractivity contribution is 7.16. The fourth-order valence-corrected chi connectivity index (χ4v) is 3.24. The van der Waals surface area contributed by atoms with Crippen LogP contribution in [0.15, 0.2) is 48.5 Å². The molecular formula is C17H16N2O2S. The third-order valence-corrected chi connectivity index (χ3v) is 4.38. The first kappa shape index (κ1) is 14.5. The van der Waals surface area contributed by atoms with E-state index in [0.717, 1.165) is 16.0 Å². The topological polar surface area (TPSA) is 55.1 Å². The molecule has 0 aliphatic carbocycles. The second-order valence-corrected chi connectivity index (χ2v) is 5.87. The van der Waals surface area contributed by atoms with Gasteiger partial charge in [-0.05, 0) is 43.3 Å². The van der Waals surface area contributed by atoms with Crippen LogP contribution < -0.4 is 9.54 Å². The molecule has 1 aromatic heterocycles. The Kier molecular flexibility index (Phi) is 4.06. The molecule has 0 aliphatic heterocycles. The van der Waals surface area contributed by atoms with Crippen LogP contribution in [0, 0.1) is 5.41 Å². The number of carbonyl (C=O) groups excluding carboxylic acids is 1. The average molecular weight is 312 g/mol. The maximum absolute atomic E-state index is 12.4. The van der Waals surface area contributed by atoms with E-state index in [9.17, 15) is 4.79 Å². The minimum Gasteiger partial charge on any atom is -0.494 e. The van der Waals surface area contributed by atoms with E-state index < -0.39 is 0 Å². The number of nitrogens with one attached hydrogen (secondary N) is 1. The number of nitrogens with zero attached hydrogens (tertiary/aromatic N) is 1. The molecule has 0 fully saturated rings. The van der Waals surface area contributed by atoms with E-state index in [1.165, 1.54) is 11.3 Å². The lowest BCUT2D eigenvalue weighted by Crippen LogP contribution is -2.19. The van der Waals surface area contributed by atoms with Crippen LogP contribution in [0.5, 0.6) is 5.75 Å². The van der Waals surface area contributed by atoms with Crippen molar-refractivity contribution in [3.05, 3.63) is 58.9 Å². The molecule has 0 aliphatic rings. The van der Waals surface area contributed by atoms with Crippen molar-refractivity contribution in [2.24, 2.45) is 0 Å². The van der Waals surface area contributed by atoms with Gasteiger partial charge in [-0.15, -0.1) is 0 Å². The Morgan fingerprint density at radius 3 is 2.64 bits per heavy atom. The van der Waals surface area contributed by atoms with Gasteiger partial charge >= 0.3 is 0 Å². The molecule has 0 unspecified atom stereocenters. The summed E-state index contributed by atoms with van der Waals surface area (Å²) in [4.78, 5) is 12.8. The smallest absolute Gasteiger partial charge is 0.183 e. The number of Topliss-reactive ketones (excluding diaryl/α,β-unsaturated/α-hetero) is 1. The van der Waals surface area contributed by atoms with Crippen LogP contribution >= 0.6 is 11.3 Å². The second-order valence-electron chi connectivity index (χ2n) is 4.84. The van der Waals surface area contributed by atoms with Crippen LogP contribution in [0.2, 0.25) is 0 Å². The zero-order chi connectivity index (χ0) is 15.5. The van der Waals surface area contributed by atoms with Gasteiger partial charge in [0.15, 0.2) is 10.6 Å². The number of carbonyl (C=O) groups is 1. The van der Waals surface area contributed by atoms with Crippen LogP contribution in [0.1, 0.15) is 17.3 Å². The van der Waals surface area contributed by atoms with Crippen molar-refractivity contribution in [1.29, 1.82) is 5.41 Å². The zero-order valence-corrected chi connectivity index (χ0v) is 13.0. The molecular weight excluding hydrogens is 296 g/mol. The normalized spacial score (nSPS) is 10.8. The van der Waals surface area contributed by atoms with E-state index in [4.69, 9.17) is 10.1 Å². The third kappa shape index (κ3) is 2.80. The summed E-state index contributed by atoms with van der Waals surface area (Å²) in [5.41, 5.74) is 1.56. The first-order valence-corrected chi connectivity index (χ1v) is 7.89. The molecule has 0 spiro atoms. The lowest BCUT2D eigenvalue weighted by Gasteiger charge is -2.06. The second kappa shape index (κ2) is 6.15. The molecule has 1 heterocycles. The van der Waals surface area contributed by atoms with Crippen molar-refractivity contribution < 1.29 is 9.53 Å². The Hall–Kier alpha value is -2.40. The number of aromatic nitrogens is 1. The van der Waals surface area contributed by atoms with E-state index in [0.29, 0.717) is 17.0 Å². The third-order valence-electron chi connectivity index (χ3n) is 3.40. The number of ether oxygens (including phenoxy) is 1. The molecule has 0 amide bonds. The SMILES string of the molecule is CCOc1ccc(C(=O)Cn2c(=N)sc3ccccc32)cc1. The molecule has 22 heavy (non-hydrogen) atoms. The number of para-hydroxylation sites is 1. The van der Waals surface area contributed by atoms with Crippen LogP contribution in [0.25, 0.3) is 10.2 Å². The van der Waals surface area contributed by atoms with E-state index in [2.05, 4.69) is 0 Å². The highest BCUT2D eigenvalue weighted by Crippen LogP contribution is 2.18. The van der Waals surface area contributed by atoms with E-state index >= 15 is 0 Å². The van der Waals surface area contributed by atoms with Gasteiger partial charge < -0.3 is 9.30 Å². The molecule has 2 aromatic carbocycles. The Balaban J connectivity index is 1.86. The lowest BCUT2D eigenvalue weighted by atomic mass is 10.1. The quantitative estimate of drug-likeness (QED) is 0.733. The van der Waals surface area contributed by atoms with E-state index in [1.807, 2.05) is 31.2 Å². The lowest BCUT2D eigenvalue weighted by molar-refractivity contribution is 0.0972. The predicted octanol–water partition coefficient (Wildman–Crippen LogP) is 3.46. The molecule has 1 N–H and O–H groups in total. The van der Waals surface area contributed by atoms with Crippen LogP contribution in [-0.4, -0.2) is 17.0 Å². The summed E-state index contributed by atoms with van der Waals surface area (Å²) in [5.74, 6) is 0.749. The average Bonchev–Trinajstić information content (AvgIpc) is 2.84. The van der Waals surface area contributed by atoms with Gasteiger partial charge in [0.25, 0.3) is 0 Å². The standard InChI is InChI=1S/C17H16N2O2S/c1-2-21-13-9-7-12(8-10-13)15(20)11-19-14-5-3-4-6-16(14)22-17(19)18/h3-10,18H,2,11H2,1H3. The van der Waals surface area contributed by atoms with Gasteiger partial charge in [0.2, 0.25) is 0 Å². The molecule has 0 radical (unpaired) electrons. The molecule has 112 valence electrons. The number of fused-ring (bicyclic) bond motifs is 1. The summed E-state index contributed by atoms with van der Waals surface area (Å²) < 4.78 is 8.15. The van der Waals surface area contributed by atoms with Crippen LogP contribution in [0.4, 0.5) is 0 Å². The summed E-state index contributed by atoms with van der Waals surface area (Å²) in [7, 11) is 0. The highest BCUT2D eigenvalue weighted by atomic mass is 32.1. The number of ketones is 1. The summed E-state index contributed by atoms with van der Waals surface area (Å²) in [6.07, 6.45) is 0. The molecule has 3 aromatic rings. The van der Waals surface area contributed by atoms with E-state index in [1.54, 1.807) is 28.8 Å². The summed E-state index contributed by atoms with van der Waals surface area (Å²) in [6.45, 7) is 2.70. The summed E-state index contributed by atoms with van der Waals surface area (Å²) in [5, 5.41) is 8.05. The van der Waals surface area contributed by atoms with Gasteiger partial charge in [0.05, 0.1) is 23.4 Å². The first-order valence-electron chi connectivity index (χ1n) is 7.08. The van der Waals surface area contributed by atoms with Gasteiger partial charge in [-0.25, -0.2) is 0 Å². The Bertz CT molecular complexity index is 862. The van der Waals surface area contributed by atoms with Gasteiger partial charge in [0, 0.05) is 5.56 Å². The fraction of sp³-hybridized carbons (Fsp3) is 0.176. The maximum Gasteiger partial charge on any atom is 0.183 e. The van der Waals surface area contributed by atoms with Crippen molar-refractivity contribution in [2.75, 3.05) is 6.61 Å². The summed E-state index contributed by atoms with van der Waals surface area (Å²) in [6, 6.07) is 14.9. The molecule has 0 bridgehead atoms. The van der Waals surface area contributed by atoms with Gasteiger partial charge in [-0.2, -0.15) is 0 Å². The Morgan fingerprint density at radius 1 is 1.18 bits per heavy atom. The number of hydrogen-bond acceptors (Lipinski definition) is 4. The minimum absolute atomic E-state index is 0.00917. The predicted molar refractivity (Wildman–Crippen MR) is 87.6 cm³/mol. The van der Waals surface area contributed by atoms with Gasteiger partial charge in [-0.3, -0.25) is 10.2 Å². The maximum atomic E-state index is 12.4. The number of thiazole rings is 1. The number of benzene rings is 2. The molecule has 0 atom stereocenters. The van der Waals surface area contributed by atoms with Crippen molar-refractivity contribution in [3.63, 3.8) is 0 Å². The molecule has 3 rings (SSSR count). The fourth-order valence-electron chi connectivity index (χ4n) is 2.33. The minimum atomic E-state index is -0.00917. The Labute approximate surface area is 132 Å². The van der Waals surface area contributed by atoms with Crippen molar-refractivity contribution in [2.45, 2.75) is 13.5 Å². The largest absolute Gasteiger partial charge is 0.494 e. The van der Waals surface area contributed by atoms with Crippen LogP contribution in [0.3, 0.4) is 0 Å². The van der Waals surface area contributed by atoms with Crippen molar-refractivity contribution >= 4 is 27.3 Å². The highest BCUT2D eigenvalue weighted by Gasteiger charge is 2.11. The van der Waals surface area contributed by atoms with Crippen LogP contribution in [-0.2, 0) is 6.54 Å². The van der Waals surface area contributed by atoms with Crippen molar-refractivity contribution in [1.82, 2.24) is 4.57 Å². The monoisotopic (exact) mass is 312 g/mol. The molecule has 4 nitrogen and oxygen atoms in total. The number of rotatable bonds is 5. The molecule has 0 saturated carbocycles. The van der Waals surface area contributed by atoms with Crippen molar-refractivity contribution in [3.8, 4) is 5.75 Å². The molecule has 5 heteroatoms. The number of hydrogen-bond donors (Lipinski definition) is 1. The Morgan fingerprint density at radius 2 is 1.91 bits per heavy atom. The van der Waals surface area contributed by atoms with Gasteiger partial charge in [0.1, 0.15) is 5.75 Å². The zero-order valence-electron chi connectivity index (χ0n) is 12.2. The summed E-state index contributed by atoms with van der Waals surface area (Å²) >= 11 is 1.38. The molecule has 0 saturated heterocycles.